The van der Waals surface area contributed by atoms with Crippen molar-refractivity contribution in [1.82, 2.24) is 10.3 Å². The Hall–Kier alpha value is -3.10. The number of fused-ring (bicyclic) bond motifs is 5. The van der Waals surface area contributed by atoms with Crippen LogP contribution in [0, 0.1) is 0 Å². The Morgan fingerprint density at radius 3 is 2.59 bits per heavy atom. The first-order valence-electron chi connectivity index (χ1n) is 10.2. The van der Waals surface area contributed by atoms with E-state index in [0.717, 1.165) is 15.6 Å². The number of carbonyl (C=O) groups excluding carboxylic acids is 1. The van der Waals surface area contributed by atoms with E-state index >= 15 is 0 Å². The molecule has 1 saturated carbocycles. The van der Waals surface area contributed by atoms with Crippen molar-refractivity contribution in [3.05, 3.63) is 88.2 Å². The second-order valence-corrected chi connectivity index (χ2v) is 9.13. The number of benzene rings is 2. The van der Waals surface area contributed by atoms with Crippen molar-refractivity contribution in [2.24, 2.45) is 0 Å². The number of nitrogens with one attached hydrogen (secondary N) is 1. The summed E-state index contributed by atoms with van der Waals surface area (Å²) >= 11 is 3.49. The minimum absolute atomic E-state index is 0.374. The van der Waals surface area contributed by atoms with Gasteiger partial charge < -0.3 is 24.6 Å². The third kappa shape index (κ3) is 2.28. The Kier molecular flexibility index (Phi) is 4.10. The topological polar surface area (TPSA) is 89.9 Å². The van der Waals surface area contributed by atoms with Crippen LogP contribution in [0.25, 0.3) is 0 Å². The summed E-state index contributed by atoms with van der Waals surface area (Å²) in [4.78, 5) is 16.6. The highest BCUT2D eigenvalue weighted by molar-refractivity contribution is 9.10. The third-order valence-electron chi connectivity index (χ3n) is 6.80. The Morgan fingerprint density at radius 1 is 1.12 bits per heavy atom. The van der Waals surface area contributed by atoms with Crippen molar-refractivity contribution in [2.45, 2.75) is 29.3 Å². The zero-order valence-electron chi connectivity index (χ0n) is 17.0. The molecule has 3 aromatic rings. The number of aliphatic hydroxyl groups is 1. The number of aromatic nitrogens is 1. The summed E-state index contributed by atoms with van der Waals surface area (Å²) in [6.45, 7) is 0. The van der Waals surface area contributed by atoms with Gasteiger partial charge in [0.1, 0.15) is 11.5 Å². The van der Waals surface area contributed by atoms with Crippen LogP contribution in [0.1, 0.15) is 22.6 Å². The molecule has 3 aliphatic rings. The van der Waals surface area contributed by atoms with Crippen molar-refractivity contribution in [2.75, 3.05) is 7.11 Å². The van der Waals surface area contributed by atoms with Gasteiger partial charge in [-0.15, -0.1) is 0 Å². The molecule has 3 heterocycles. The van der Waals surface area contributed by atoms with Crippen LogP contribution in [0.15, 0.2) is 71.5 Å². The molecule has 1 aromatic heterocycles. The lowest BCUT2D eigenvalue weighted by atomic mass is 9.71. The largest absolute Gasteiger partial charge is 0.495 e. The maximum absolute atomic E-state index is 12.6. The number of hydrogen-bond donors (Lipinski definition) is 2. The molecule has 1 saturated heterocycles. The minimum Gasteiger partial charge on any atom is -0.495 e. The monoisotopic (exact) mass is 494 g/mol. The molecule has 0 bridgehead atoms. The fourth-order valence-corrected chi connectivity index (χ4v) is 5.94. The first kappa shape index (κ1) is 19.6. The fraction of sp³-hybridized carbons (Fsp3) is 0.250. The number of carbonyl (C=O) groups is 1. The van der Waals surface area contributed by atoms with Gasteiger partial charge in [-0.2, -0.15) is 0 Å². The predicted octanol–water partition coefficient (Wildman–Crippen LogP) is 3.60. The van der Waals surface area contributed by atoms with Gasteiger partial charge >= 0.3 is 6.09 Å². The lowest BCUT2D eigenvalue weighted by Gasteiger charge is -2.41. The molecule has 1 aliphatic carbocycles. The Morgan fingerprint density at radius 2 is 1.88 bits per heavy atom. The number of rotatable bonds is 3. The van der Waals surface area contributed by atoms with Gasteiger partial charge in [-0.3, -0.25) is 4.98 Å². The number of pyridine rings is 1. The molecule has 7 nitrogen and oxygen atoms in total. The summed E-state index contributed by atoms with van der Waals surface area (Å²) in [5, 5.41) is 15.6. The molecule has 5 atom stereocenters. The van der Waals surface area contributed by atoms with Crippen LogP contribution in [-0.2, 0) is 15.9 Å². The van der Waals surface area contributed by atoms with Crippen LogP contribution in [0.2, 0.25) is 0 Å². The van der Waals surface area contributed by atoms with E-state index < -0.39 is 35.4 Å². The van der Waals surface area contributed by atoms with Gasteiger partial charge in [0.15, 0.2) is 17.3 Å². The molecule has 2 N–H and O–H groups in total. The third-order valence-corrected chi connectivity index (χ3v) is 7.33. The van der Waals surface area contributed by atoms with Crippen LogP contribution in [0.5, 0.6) is 11.5 Å². The Labute approximate surface area is 192 Å². The Bertz CT molecular complexity index is 1220. The lowest BCUT2D eigenvalue weighted by Crippen LogP contribution is -2.52. The number of hydrogen-bond acceptors (Lipinski definition) is 6. The number of ether oxygens (including phenoxy) is 3. The molecule has 32 heavy (non-hydrogen) atoms. The van der Waals surface area contributed by atoms with E-state index in [0.29, 0.717) is 17.1 Å². The van der Waals surface area contributed by atoms with Crippen molar-refractivity contribution in [3.63, 3.8) is 0 Å². The summed E-state index contributed by atoms with van der Waals surface area (Å²) in [6.07, 6.45) is 1.63. The van der Waals surface area contributed by atoms with Crippen LogP contribution in [0.4, 0.5) is 4.79 Å². The second-order valence-electron chi connectivity index (χ2n) is 8.21. The van der Waals surface area contributed by atoms with E-state index in [1.54, 1.807) is 6.20 Å². The number of alkyl carbamates (subject to hydrolysis) is 1. The number of halogens is 1. The minimum atomic E-state index is -1.73. The highest BCUT2D eigenvalue weighted by Crippen LogP contribution is 2.69. The summed E-state index contributed by atoms with van der Waals surface area (Å²) in [7, 11) is 1.51. The summed E-state index contributed by atoms with van der Waals surface area (Å²) in [5.74, 6) is 0.319. The molecular weight excluding hydrogens is 476 g/mol. The van der Waals surface area contributed by atoms with E-state index in [4.69, 9.17) is 14.2 Å². The summed E-state index contributed by atoms with van der Waals surface area (Å²) in [5.41, 5.74) is -0.928. The number of amides is 1. The van der Waals surface area contributed by atoms with Gasteiger partial charge in [0.25, 0.3) is 0 Å². The standard InChI is InChI=1S/C24H19BrN2O5/c1-30-16-11-26-12-17-19(16)23(29)21-20(27-22(28)31-21)18(13-5-3-2-4-6-13)24(23,32-17)14-7-9-15(25)10-8-14/h2-12,18,20-21,29H,1H3,(H,27,28). The highest BCUT2D eigenvalue weighted by Gasteiger charge is 2.80. The normalized spacial score (nSPS) is 31.7. The van der Waals surface area contributed by atoms with Crippen LogP contribution in [-0.4, -0.2) is 35.4 Å². The first-order valence-corrected chi connectivity index (χ1v) is 11.0. The molecule has 8 heteroatoms. The molecule has 0 spiro atoms. The van der Waals surface area contributed by atoms with Crippen LogP contribution < -0.4 is 14.8 Å². The maximum Gasteiger partial charge on any atom is 0.407 e. The molecular formula is C24H19BrN2O5. The first-order chi connectivity index (χ1) is 15.5. The second kappa shape index (κ2) is 6.70. The zero-order valence-corrected chi connectivity index (χ0v) is 18.6. The predicted molar refractivity (Wildman–Crippen MR) is 118 cm³/mol. The van der Waals surface area contributed by atoms with Gasteiger partial charge in [0, 0.05) is 4.47 Å². The number of nitrogens with zero attached hydrogens (tertiary/aromatic N) is 1. The average Bonchev–Trinajstić information content (AvgIpc) is 3.37. The van der Waals surface area contributed by atoms with Crippen LogP contribution >= 0.6 is 15.9 Å². The quantitative estimate of drug-likeness (QED) is 0.578. The van der Waals surface area contributed by atoms with Crippen molar-refractivity contribution in [1.29, 1.82) is 0 Å². The molecule has 0 radical (unpaired) electrons. The van der Waals surface area contributed by atoms with E-state index in [2.05, 4.69) is 26.2 Å². The molecule has 2 fully saturated rings. The zero-order chi connectivity index (χ0) is 22.1. The van der Waals surface area contributed by atoms with E-state index in [1.807, 2.05) is 54.6 Å². The van der Waals surface area contributed by atoms with E-state index in [9.17, 15) is 9.90 Å². The number of methoxy groups -OCH3 is 1. The highest BCUT2D eigenvalue weighted by atomic mass is 79.9. The van der Waals surface area contributed by atoms with Crippen LogP contribution in [0.3, 0.4) is 0 Å². The van der Waals surface area contributed by atoms with Gasteiger partial charge in [0.05, 0.1) is 37.0 Å². The maximum atomic E-state index is 12.6. The fourth-order valence-electron chi connectivity index (χ4n) is 5.67. The lowest BCUT2D eigenvalue weighted by molar-refractivity contribution is -0.147. The molecule has 6 rings (SSSR count). The molecule has 1 amide bonds. The molecule has 5 unspecified atom stereocenters. The molecule has 2 aliphatic heterocycles. The summed E-state index contributed by atoms with van der Waals surface area (Å²) < 4.78 is 18.9. The van der Waals surface area contributed by atoms with Gasteiger partial charge in [-0.25, -0.2) is 4.79 Å². The van der Waals surface area contributed by atoms with E-state index in [-0.39, 0.29) is 0 Å². The van der Waals surface area contributed by atoms with Crippen molar-refractivity contribution >= 4 is 22.0 Å². The van der Waals surface area contributed by atoms with Gasteiger partial charge in [-0.1, -0.05) is 58.4 Å². The Balaban J connectivity index is 1.70. The smallest absolute Gasteiger partial charge is 0.407 e. The summed E-state index contributed by atoms with van der Waals surface area (Å²) in [6, 6.07) is 16.8. The SMILES string of the molecule is COc1cncc2c1C1(O)C3OC(=O)NC3C(c3ccccc3)C1(c1ccc(Br)cc1)O2. The van der Waals surface area contributed by atoms with Crippen molar-refractivity contribution < 1.29 is 24.1 Å². The van der Waals surface area contributed by atoms with Gasteiger partial charge in [-0.05, 0) is 23.3 Å². The average molecular weight is 495 g/mol. The van der Waals surface area contributed by atoms with Gasteiger partial charge in [0.2, 0.25) is 0 Å². The molecule has 162 valence electrons. The molecule has 2 aromatic carbocycles. The van der Waals surface area contributed by atoms with Crippen molar-refractivity contribution in [3.8, 4) is 11.5 Å². The van der Waals surface area contributed by atoms with E-state index in [1.165, 1.54) is 13.3 Å².